The SMILES string of the molecule is CC(O)C(N)C(=O)NC(CCCN=C(N)N)C(=O)NC(CCC(N)=O)C(=O)NC(CO)C(=O)O. The van der Waals surface area contributed by atoms with Crippen LogP contribution in [0.15, 0.2) is 4.99 Å². The molecule has 5 atom stereocenters. The van der Waals surface area contributed by atoms with Crippen LogP contribution in [-0.2, 0) is 24.0 Å². The number of carboxylic acid groups (broad SMARTS) is 1. The van der Waals surface area contributed by atoms with Crippen molar-refractivity contribution in [3.8, 4) is 0 Å². The minimum Gasteiger partial charge on any atom is -0.480 e. The standard InChI is InChI=1S/C18H34N8O8/c1-8(28)13(20)16(32)25-9(3-2-6-23-18(21)22)14(30)24-10(4-5-12(19)29)15(31)26-11(7-27)17(33)34/h8-11,13,27-28H,2-7,20H2,1H3,(H2,19,29)(H,24,30)(H,25,32)(H,26,31)(H,33,34)(H4,21,22,23). The van der Waals surface area contributed by atoms with E-state index in [1.54, 1.807) is 0 Å². The second-order valence-electron chi connectivity index (χ2n) is 7.42. The molecule has 16 heteroatoms. The summed E-state index contributed by atoms with van der Waals surface area (Å²) in [4.78, 5) is 63.6. The lowest BCUT2D eigenvalue weighted by molar-refractivity contribution is -0.143. The number of hydrogen-bond acceptors (Lipinski definition) is 9. The Morgan fingerprint density at radius 2 is 1.38 bits per heavy atom. The molecule has 0 fully saturated rings. The fourth-order valence-corrected chi connectivity index (χ4v) is 2.54. The molecule has 0 bridgehead atoms. The van der Waals surface area contributed by atoms with Gasteiger partial charge < -0.3 is 54.2 Å². The number of guanidine groups is 1. The van der Waals surface area contributed by atoms with Gasteiger partial charge in [0.2, 0.25) is 23.6 Å². The zero-order valence-corrected chi connectivity index (χ0v) is 18.8. The van der Waals surface area contributed by atoms with Gasteiger partial charge in [0.25, 0.3) is 0 Å². The third-order valence-corrected chi connectivity index (χ3v) is 4.51. The van der Waals surface area contributed by atoms with Crippen LogP contribution in [0.4, 0.5) is 0 Å². The van der Waals surface area contributed by atoms with Crippen molar-refractivity contribution in [1.82, 2.24) is 16.0 Å². The number of amides is 4. The van der Waals surface area contributed by atoms with Gasteiger partial charge in [-0.05, 0) is 26.2 Å². The van der Waals surface area contributed by atoms with Gasteiger partial charge in [-0.15, -0.1) is 0 Å². The van der Waals surface area contributed by atoms with E-state index >= 15 is 0 Å². The van der Waals surface area contributed by atoms with E-state index in [1.165, 1.54) is 6.92 Å². The molecule has 0 saturated carbocycles. The lowest BCUT2D eigenvalue weighted by atomic mass is 10.1. The monoisotopic (exact) mass is 490 g/mol. The van der Waals surface area contributed by atoms with Gasteiger partial charge in [0.05, 0.1) is 12.7 Å². The largest absolute Gasteiger partial charge is 0.480 e. The summed E-state index contributed by atoms with van der Waals surface area (Å²) in [6, 6.07) is -5.66. The fraction of sp³-hybridized carbons (Fsp3) is 0.667. The van der Waals surface area contributed by atoms with Crippen LogP contribution in [0.25, 0.3) is 0 Å². The first-order valence-electron chi connectivity index (χ1n) is 10.3. The molecule has 14 N–H and O–H groups in total. The predicted molar refractivity (Wildman–Crippen MR) is 119 cm³/mol. The van der Waals surface area contributed by atoms with Gasteiger partial charge in [0.1, 0.15) is 24.2 Å². The number of aliphatic hydroxyl groups excluding tert-OH is 2. The number of hydrogen-bond donors (Lipinski definition) is 10. The minimum atomic E-state index is -1.65. The van der Waals surface area contributed by atoms with Gasteiger partial charge in [0.15, 0.2) is 5.96 Å². The molecule has 0 aliphatic heterocycles. The molecular weight excluding hydrogens is 456 g/mol. The van der Waals surface area contributed by atoms with Crippen LogP contribution >= 0.6 is 0 Å². The Labute approximate surface area is 195 Å². The van der Waals surface area contributed by atoms with Crippen molar-refractivity contribution in [3.63, 3.8) is 0 Å². The summed E-state index contributed by atoms with van der Waals surface area (Å²) in [6.45, 7) is 0.480. The third-order valence-electron chi connectivity index (χ3n) is 4.51. The van der Waals surface area contributed by atoms with E-state index in [4.69, 9.17) is 33.1 Å². The number of carboxylic acids is 1. The van der Waals surface area contributed by atoms with Gasteiger partial charge in [-0.2, -0.15) is 0 Å². The minimum absolute atomic E-state index is 0.000563. The van der Waals surface area contributed by atoms with Gasteiger partial charge in [-0.1, -0.05) is 0 Å². The van der Waals surface area contributed by atoms with E-state index in [9.17, 15) is 29.1 Å². The van der Waals surface area contributed by atoms with Crippen molar-refractivity contribution in [2.75, 3.05) is 13.2 Å². The highest BCUT2D eigenvalue weighted by Crippen LogP contribution is 2.05. The molecule has 0 aromatic heterocycles. The predicted octanol–water partition coefficient (Wildman–Crippen LogP) is -5.46. The van der Waals surface area contributed by atoms with Crippen LogP contribution in [0, 0.1) is 0 Å². The van der Waals surface area contributed by atoms with Crippen LogP contribution in [0.2, 0.25) is 0 Å². The second-order valence-corrected chi connectivity index (χ2v) is 7.42. The van der Waals surface area contributed by atoms with Crippen LogP contribution in [0.3, 0.4) is 0 Å². The van der Waals surface area contributed by atoms with Crippen LogP contribution in [-0.4, -0.2) is 94.3 Å². The Kier molecular flexibility index (Phi) is 13.8. The highest BCUT2D eigenvalue weighted by Gasteiger charge is 2.30. The molecule has 0 aliphatic rings. The number of primary amides is 1. The number of nitrogens with zero attached hydrogens (tertiary/aromatic N) is 1. The van der Waals surface area contributed by atoms with E-state index in [2.05, 4.69) is 15.6 Å². The van der Waals surface area contributed by atoms with E-state index in [0.717, 1.165) is 0 Å². The van der Waals surface area contributed by atoms with E-state index < -0.39 is 66.5 Å². The summed E-state index contributed by atoms with van der Waals surface area (Å²) < 4.78 is 0. The summed E-state index contributed by atoms with van der Waals surface area (Å²) in [5.41, 5.74) is 21.2. The van der Waals surface area contributed by atoms with Crippen molar-refractivity contribution in [2.45, 2.75) is 62.9 Å². The highest BCUT2D eigenvalue weighted by atomic mass is 16.4. The Morgan fingerprint density at radius 1 is 0.882 bits per heavy atom. The second kappa shape index (κ2) is 15.4. The molecule has 0 aliphatic carbocycles. The Bertz CT molecular complexity index is 756. The van der Waals surface area contributed by atoms with Crippen LogP contribution < -0.4 is 38.9 Å². The van der Waals surface area contributed by atoms with Gasteiger partial charge in [0, 0.05) is 13.0 Å². The van der Waals surface area contributed by atoms with Crippen molar-refractivity contribution in [2.24, 2.45) is 27.9 Å². The quantitative estimate of drug-likeness (QED) is 0.0552. The summed E-state index contributed by atoms with van der Waals surface area (Å²) in [5, 5.41) is 34.3. The molecule has 0 rings (SSSR count). The van der Waals surface area contributed by atoms with Gasteiger partial charge in [-0.25, -0.2) is 4.79 Å². The number of rotatable bonds is 16. The average Bonchev–Trinajstić information content (AvgIpc) is 2.75. The van der Waals surface area contributed by atoms with E-state index in [1.807, 2.05) is 5.32 Å². The topological polar surface area (TPSA) is 299 Å². The maximum atomic E-state index is 12.9. The Hall–Kier alpha value is -3.50. The number of carbonyl (C=O) groups excluding carboxylic acids is 4. The molecule has 16 nitrogen and oxygen atoms in total. The first kappa shape index (κ1) is 30.5. The van der Waals surface area contributed by atoms with E-state index in [0.29, 0.717) is 0 Å². The molecule has 194 valence electrons. The van der Waals surface area contributed by atoms with Crippen LogP contribution in [0.5, 0.6) is 0 Å². The van der Waals surface area contributed by atoms with Crippen molar-refractivity contribution >= 4 is 35.6 Å². The van der Waals surface area contributed by atoms with Crippen molar-refractivity contribution in [1.29, 1.82) is 0 Å². The van der Waals surface area contributed by atoms with Gasteiger partial charge in [-0.3, -0.25) is 24.2 Å². The molecule has 5 unspecified atom stereocenters. The average molecular weight is 491 g/mol. The molecule has 34 heavy (non-hydrogen) atoms. The summed E-state index contributed by atoms with van der Waals surface area (Å²) in [7, 11) is 0. The number of aliphatic imine (C=N–C) groups is 1. The smallest absolute Gasteiger partial charge is 0.328 e. The summed E-state index contributed by atoms with van der Waals surface area (Å²) >= 11 is 0. The molecule has 0 aromatic rings. The lowest BCUT2D eigenvalue weighted by Crippen LogP contribution is -2.58. The zero-order chi connectivity index (χ0) is 26.4. The first-order valence-corrected chi connectivity index (χ1v) is 10.3. The number of nitrogens with one attached hydrogen (secondary N) is 3. The molecule has 4 amide bonds. The molecule has 0 heterocycles. The molecule has 0 spiro atoms. The molecule has 0 radical (unpaired) electrons. The molecular formula is C18H34N8O8. The maximum Gasteiger partial charge on any atom is 0.328 e. The highest BCUT2D eigenvalue weighted by molar-refractivity contribution is 5.94. The Balaban J connectivity index is 5.58. The summed E-state index contributed by atoms with van der Waals surface area (Å²) in [6.07, 6.45) is -1.61. The number of aliphatic carboxylic acids is 1. The number of aliphatic hydroxyl groups is 2. The first-order chi connectivity index (χ1) is 15.8. The number of carbonyl (C=O) groups is 5. The van der Waals surface area contributed by atoms with Crippen molar-refractivity contribution in [3.05, 3.63) is 0 Å². The third kappa shape index (κ3) is 11.9. The van der Waals surface area contributed by atoms with Crippen LogP contribution in [0.1, 0.15) is 32.6 Å². The lowest BCUT2D eigenvalue weighted by Gasteiger charge is -2.25. The zero-order valence-electron chi connectivity index (χ0n) is 18.8. The Morgan fingerprint density at radius 3 is 1.82 bits per heavy atom. The molecule has 0 aromatic carbocycles. The van der Waals surface area contributed by atoms with E-state index in [-0.39, 0.29) is 38.2 Å². The van der Waals surface area contributed by atoms with Crippen molar-refractivity contribution < 1.29 is 39.3 Å². The fourth-order valence-electron chi connectivity index (χ4n) is 2.54. The summed E-state index contributed by atoms with van der Waals surface area (Å²) in [5.74, 6) is -5.19. The number of nitrogens with two attached hydrogens (primary N) is 4. The molecule has 0 saturated heterocycles. The van der Waals surface area contributed by atoms with Gasteiger partial charge >= 0.3 is 5.97 Å². The maximum absolute atomic E-state index is 12.9. The normalized spacial score (nSPS) is 15.1.